The van der Waals surface area contributed by atoms with E-state index in [1.54, 1.807) is 0 Å². The molecule has 5 nitrogen and oxygen atoms in total. The molecule has 0 aromatic rings. The average Bonchev–Trinajstić information content (AvgIpc) is 2.56. The fourth-order valence-corrected chi connectivity index (χ4v) is 3.97. The number of amides is 2. The standard InChI is InChI=1S/C11H9N3O2/c12-5-10-7(15)14-8(16)11(10,6-13)9(10)3-1-2-4-9/h1-4H2,(H,14,15,16)/t10-,11-/m1/s1. The molecule has 0 aromatic heterocycles. The second-order valence-corrected chi connectivity index (χ2v) is 4.80. The van der Waals surface area contributed by atoms with Crippen molar-refractivity contribution in [2.24, 2.45) is 16.2 Å². The quantitative estimate of drug-likeness (QED) is 0.585. The van der Waals surface area contributed by atoms with Gasteiger partial charge in [-0.05, 0) is 12.8 Å². The van der Waals surface area contributed by atoms with E-state index in [4.69, 9.17) is 0 Å². The maximum atomic E-state index is 11.8. The number of carbonyl (C=O) groups excluding carboxylic acids is 2. The van der Waals surface area contributed by atoms with Gasteiger partial charge in [0.25, 0.3) is 0 Å². The Bertz CT molecular complexity index is 466. The Labute approximate surface area is 92.0 Å². The number of piperidine rings is 1. The third-order valence-electron chi connectivity index (χ3n) is 4.64. The van der Waals surface area contributed by atoms with Crippen molar-refractivity contribution in [1.29, 1.82) is 10.5 Å². The SMILES string of the molecule is N#C[C@]12C(=O)NC(=O)[C@]1(C#N)C21CCCC1. The van der Waals surface area contributed by atoms with Gasteiger partial charge in [-0.1, -0.05) is 12.8 Å². The molecule has 2 amide bonds. The number of fused-ring (bicyclic) bond motifs is 3. The van der Waals surface area contributed by atoms with E-state index in [0.717, 1.165) is 12.8 Å². The minimum absolute atomic E-state index is 0.566. The van der Waals surface area contributed by atoms with Crippen LogP contribution in [0.5, 0.6) is 0 Å². The van der Waals surface area contributed by atoms with Gasteiger partial charge in [-0.2, -0.15) is 10.5 Å². The molecular weight excluding hydrogens is 206 g/mol. The second kappa shape index (κ2) is 2.27. The van der Waals surface area contributed by atoms with Crippen molar-refractivity contribution in [3.05, 3.63) is 0 Å². The molecule has 2 atom stereocenters. The summed E-state index contributed by atoms with van der Waals surface area (Å²) < 4.78 is 0. The van der Waals surface area contributed by atoms with Crippen LogP contribution in [0.1, 0.15) is 25.7 Å². The molecule has 3 fully saturated rings. The summed E-state index contributed by atoms with van der Waals surface area (Å²) in [7, 11) is 0. The van der Waals surface area contributed by atoms with Gasteiger partial charge >= 0.3 is 0 Å². The maximum absolute atomic E-state index is 11.8. The van der Waals surface area contributed by atoms with Crippen LogP contribution in [0.3, 0.4) is 0 Å². The number of nitriles is 2. The van der Waals surface area contributed by atoms with Crippen molar-refractivity contribution in [2.75, 3.05) is 0 Å². The zero-order valence-corrected chi connectivity index (χ0v) is 8.54. The summed E-state index contributed by atoms with van der Waals surface area (Å²) in [6.45, 7) is 0. The van der Waals surface area contributed by atoms with Crippen LogP contribution in [-0.2, 0) is 9.59 Å². The van der Waals surface area contributed by atoms with E-state index in [2.05, 4.69) is 5.32 Å². The highest BCUT2D eigenvalue weighted by Gasteiger charge is 2.98. The van der Waals surface area contributed by atoms with Crippen LogP contribution in [0.15, 0.2) is 0 Å². The number of carbonyl (C=O) groups is 2. The first-order chi connectivity index (χ1) is 7.63. The Morgan fingerprint density at radius 3 is 1.81 bits per heavy atom. The Balaban J connectivity index is 2.27. The summed E-state index contributed by atoms with van der Waals surface area (Å²) >= 11 is 0. The average molecular weight is 215 g/mol. The number of hydrogen-bond acceptors (Lipinski definition) is 4. The monoisotopic (exact) mass is 215 g/mol. The predicted molar refractivity (Wildman–Crippen MR) is 50.1 cm³/mol. The van der Waals surface area contributed by atoms with Crippen molar-refractivity contribution < 1.29 is 9.59 Å². The number of rotatable bonds is 0. The van der Waals surface area contributed by atoms with E-state index in [9.17, 15) is 20.1 Å². The predicted octanol–water partition coefficient (Wildman–Crippen LogP) is 0.237. The normalized spacial score (nSPS) is 42.4. The number of nitrogens with one attached hydrogen (secondary N) is 1. The molecule has 2 saturated carbocycles. The van der Waals surface area contributed by atoms with Crippen LogP contribution in [0.2, 0.25) is 0 Å². The van der Waals surface area contributed by atoms with Gasteiger partial charge in [-0.3, -0.25) is 14.9 Å². The second-order valence-electron chi connectivity index (χ2n) is 4.80. The van der Waals surface area contributed by atoms with Crippen molar-refractivity contribution in [2.45, 2.75) is 25.7 Å². The smallest absolute Gasteiger partial charge is 0.249 e. The minimum atomic E-state index is -1.40. The molecule has 1 N–H and O–H groups in total. The Morgan fingerprint density at radius 2 is 1.44 bits per heavy atom. The van der Waals surface area contributed by atoms with Crippen LogP contribution < -0.4 is 5.32 Å². The van der Waals surface area contributed by atoms with Crippen molar-refractivity contribution in [3.63, 3.8) is 0 Å². The van der Waals surface area contributed by atoms with Crippen LogP contribution in [0.25, 0.3) is 0 Å². The fraction of sp³-hybridized carbons (Fsp3) is 0.636. The summed E-state index contributed by atoms with van der Waals surface area (Å²) in [5.74, 6) is -1.13. The zero-order chi connectivity index (χ0) is 11.6. The highest BCUT2D eigenvalue weighted by Crippen LogP contribution is 2.85. The van der Waals surface area contributed by atoms with Crippen LogP contribution in [0, 0.1) is 38.9 Å². The van der Waals surface area contributed by atoms with Gasteiger partial charge in [0.2, 0.25) is 11.8 Å². The molecule has 2 aliphatic carbocycles. The van der Waals surface area contributed by atoms with E-state index in [0.29, 0.717) is 12.8 Å². The first-order valence-electron chi connectivity index (χ1n) is 5.31. The molecule has 1 saturated heterocycles. The molecule has 0 radical (unpaired) electrons. The lowest BCUT2D eigenvalue weighted by atomic mass is 9.89. The molecule has 5 heteroatoms. The van der Waals surface area contributed by atoms with E-state index < -0.39 is 28.1 Å². The van der Waals surface area contributed by atoms with Gasteiger partial charge in [0.15, 0.2) is 10.8 Å². The lowest BCUT2D eigenvalue weighted by Gasteiger charge is -2.15. The van der Waals surface area contributed by atoms with Gasteiger partial charge in [-0.15, -0.1) is 0 Å². The van der Waals surface area contributed by atoms with E-state index in [1.165, 1.54) is 0 Å². The molecule has 0 aromatic carbocycles. The van der Waals surface area contributed by atoms with Gasteiger partial charge in [-0.25, -0.2) is 0 Å². The molecule has 16 heavy (non-hydrogen) atoms. The highest BCUT2D eigenvalue weighted by atomic mass is 16.2. The van der Waals surface area contributed by atoms with Gasteiger partial charge < -0.3 is 0 Å². The van der Waals surface area contributed by atoms with Crippen LogP contribution in [0.4, 0.5) is 0 Å². The van der Waals surface area contributed by atoms with Gasteiger partial charge in [0, 0.05) is 5.41 Å². The molecule has 1 aliphatic heterocycles. The molecule has 3 rings (SSSR count). The lowest BCUT2D eigenvalue weighted by Crippen LogP contribution is -2.36. The first-order valence-corrected chi connectivity index (χ1v) is 5.31. The largest absolute Gasteiger partial charge is 0.293 e. The van der Waals surface area contributed by atoms with Crippen molar-refractivity contribution in [3.8, 4) is 12.1 Å². The minimum Gasteiger partial charge on any atom is -0.293 e. The van der Waals surface area contributed by atoms with Crippen molar-refractivity contribution in [1.82, 2.24) is 5.32 Å². The number of hydrogen-bond donors (Lipinski definition) is 1. The highest BCUT2D eigenvalue weighted by molar-refractivity contribution is 6.19. The van der Waals surface area contributed by atoms with Gasteiger partial charge in [0.05, 0.1) is 12.1 Å². The lowest BCUT2D eigenvalue weighted by molar-refractivity contribution is -0.130. The van der Waals surface area contributed by atoms with E-state index in [1.807, 2.05) is 12.1 Å². The summed E-state index contributed by atoms with van der Waals surface area (Å²) in [5, 5.41) is 20.7. The molecule has 3 aliphatic rings. The van der Waals surface area contributed by atoms with Crippen molar-refractivity contribution >= 4 is 11.8 Å². The topological polar surface area (TPSA) is 93.8 Å². The van der Waals surface area contributed by atoms with Crippen LogP contribution in [-0.4, -0.2) is 11.8 Å². The third kappa shape index (κ3) is 0.512. The Kier molecular flexibility index (Phi) is 1.33. The fourth-order valence-electron chi connectivity index (χ4n) is 3.97. The molecule has 1 spiro atoms. The molecular formula is C11H9N3O2. The molecule has 80 valence electrons. The maximum Gasteiger partial charge on any atom is 0.249 e. The summed E-state index contributed by atoms with van der Waals surface area (Å²) in [5.41, 5.74) is -3.49. The van der Waals surface area contributed by atoms with Crippen LogP contribution >= 0.6 is 0 Å². The summed E-state index contributed by atoms with van der Waals surface area (Å²) in [6, 6.07) is 3.93. The summed E-state index contributed by atoms with van der Waals surface area (Å²) in [6.07, 6.45) is 3.03. The third-order valence-corrected chi connectivity index (χ3v) is 4.64. The number of imide groups is 1. The molecule has 1 heterocycles. The van der Waals surface area contributed by atoms with Gasteiger partial charge in [0.1, 0.15) is 0 Å². The molecule has 0 bridgehead atoms. The van der Waals surface area contributed by atoms with E-state index >= 15 is 0 Å². The Hall–Kier alpha value is -1.88. The first kappa shape index (κ1) is 9.35. The zero-order valence-electron chi connectivity index (χ0n) is 8.54. The molecule has 0 unspecified atom stereocenters. The number of nitrogens with zero attached hydrogens (tertiary/aromatic N) is 2. The van der Waals surface area contributed by atoms with E-state index in [-0.39, 0.29) is 0 Å². The Morgan fingerprint density at radius 1 is 1.00 bits per heavy atom. The summed E-state index contributed by atoms with van der Waals surface area (Å²) in [4.78, 5) is 23.6.